The van der Waals surface area contributed by atoms with Gasteiger partial charge < -0.3 is 5.32 Å². The molecule has 0 aromatic carbocycles. The lowest BCUT2D eigenvalue weighted by Gasteiger charge is -2.45. The Morgan fingerprint density at radius 1 is 1.05 bits per heavy atom. The third kappa shape index (κ3) is 5.07. The van der Waals surface area contributed by atoms with E-state index < -0.39 is 0 Å². The first-order valence-corrected chi connectivity index (χ1v) is 8.49. The summed E-state index contributed by atoms with van der Waals surface area (Å²) >= 11 is 0. The van der Waals surface area contributed by atoms with Gasteiger partial charge in [0.15, 0.2) is 0 Å². The van der Waals surface area contributed by atoms with Crippen LogP contribution in [-0.4, -0.2) is 36.1 Å². The molecule has 0 amide bonds. The van der Waals surface area contributed by atoms with Crippen LogP contribution in [0.25, 0.3) is 0 Å². The fourth-order valence-corrected chi connectivity index (χ4v) is 3.19. The summed E-state index contributed by atoms with van der Waals surface area (Å²) in [6.45, 7) is 10.5. The van der Waals surface area contributed by atoms with Gasteiger partial charge in [-0.05, 0) is 53.1 Å². The minimum absolute atomic E-state index is 0.315. The highest BCUT2D eigenvalue weighted by molar-refractivity contribution is 4.91. The van der Waals surface area contributed by atoms with Crippen molar-refractivity contribution in [1.82, 2.24) is 10.2 Å². The van der Waals surface area contributed by atoms with Crippen LogP contribution < -0.4 is 5.32 Å². The van der Waals surface area contributed by atoms with Crippen molar-refractivity contribution in [2.45, 2.75) is 96.7 Å². The van der Waals surface area contributed by atoms with E-state index in [1.165, 1.54) is 57.9 Å². The second kappa shape index (κ2) is 8.26. The smallest absolute Gasteiger partial charge is 0.0251 e. The van der Waals surface area contributed by atoms with Crippen molar-refractivity contribution in [2.24, 2.45) is 0 Å². The van der Waals surface area contributed by atoms with Gasteiger partial charge >= 0.3 is 0 Å². The normalized spacial score (nSPS) is 26.2. The standard InChI is InChI=1S/C17H36N2/c1-6-14-18-15-12-10-8-9-11-13-16(15)19(5)17(3,4)7-2/h15-16,18H,6-14H2,1-5H3. The molecule has 2 unspecified atom stereocenters. The summed E-state index contributed by atoms with van der Waals surface area (Å²) in [6.07, 6.45) is 10.8. The van der Waals surface area contributed by atoms with Gasteiger partial charge in [-0.2, -0.15) is 0 Å². The molecule has 1 saturated carbocycles. The van der Waals surface area contributed by atoms with E-state index >= 15 is 0 Å². The van der Waals surface area contributed by atoms with Gasteiger partial charge in [-0.25, -0.2) is 0 Å². The average molecular weight is 268 g/mol. The third-order valence-electron chi connectivity index (χ3n) is 5.20. The summed E-state index contributed by atoms with van der Waals surface area (Å²) in [4.78, 5) is 2.66. The monoisotopic (exact) mass is 268 g/mol. The van der Waals surface area contributed by atoms with E-state index in [4.69, 9.17) is 0 Å². The Kier molecular flexibility index (Phi) is 7.38. The molecule has 114 valence electrons. The Balaban J connectivity index is 2.74. The fraction of sp³-hybridized carbons (Fsp3) is 1.00. The highest BCUT2D eigenvalue weighted by Gasteiger charge is 2.32. The minimum atomic E-state index is 0.315. The molecule has 19 heavy (non-hydrogen) atoms. The molecular weight excluding hydrogens is 232 g/mol. The first-order chi connectivity index (χ1) is 9.03. The molecule has 2 nitrogen and oxygen atoms in total. The van der Waals surface area contributed by atoms with Gasteiger partial charge in [-0.15, -0.1) is 0 Å². The predicted octanol–water partition coefficient (Wildman–Crippen LogP) is 4.20. The summed E-state index contributed by atoms with van der Waals surface area (Å²) in [7, 11) is 2.34. The molecule has 0 spiro atoms. The van der Waals surface area contributed by atoms with E-state index in [9.17, 15) is 0 Å². The van der Waals surface area contributed by atoms with Gasteiger partial charge in [0.05, 0.1) is 0 Å². The second-order valence-corrected chi connectivity index (χ2v) is 6.90. The van der Waals surface area contributed by atoms with Crippen molar-refractivity contribution in [2.75, 3.05) is 13.6 Å². The molecular formula is C17H36N2. The molecule has 0 aliphatic heterocycles. The number of hydrogen-bond donors (Lipinski definition) is 1. The zero-order chi connectivity index (χ0) is 14.3. The van der Waals surface area contributed by atoms with Crippen LogP contribution in [0.2, 0.25) is 0 Å². The Morgan fingerprint density at radius 3 is 2.26 bits per heavy atom. The lowest BCUT2D eigenvalue weighted by atomic mass is 9.87. The Morgan fingerprint density at radius 2 is 1.68 bits per heavy atom. The molecule has 1 fully saturated rings. The molecule has 0 bridgehead atoms. The largest absolute Gasteiger partial charge is 0.312 e. The van der Waals surface area contributed by atoms with Gasteiger partial charge in [0.25, 0.3) is 0 Å². The Bertz CT molecular complexity index is 235. The second-order valence-electron chi connectivity index (χ2n) is 6.90. The summed E-state index contributed by atoms with van der Waals surface area (Å²) in [5.41, 5.74) is 0.315. The van der Waals surface area contributed by atoms with E-state index in [0.717, 1.165) is 0 Å². The SMILES string of the molecule is CCCNC1CCCCCCC1N(C)C(C)(C)CC. The number of rotatable bonds is 6. The molecule has 0 aromatic heterocycles. The molecule has 0 aromatic rings. The van der Waals surface area contributed by atoms with Crippen molar-refractivity contribution >= 4 is 0 Å². The van der Waals surface area contributed by atoms with Gasteiger partial charge in [-0.3, -0.25) is 4.90 Å². The molecule has 1 N–H and O–H groups in total. The van der Waals surface area contributed by atoms with Crippen molar-refractivity contribution in [3.05, 3.63) is 0 Å². The molecule has 0 heterocycles. The van der Waals surface area contributed by atoms with Crippen LogP contribution in [0.3, 0.4) is 0 Å². The van der Waals surface area contributed by atoms with Crippen LogP contribution in [-0.2, 0) is 0 Å². The summed E-state index contributed by atoms with van der Waals surface area (Å²) in [5.74, 6) is 0. The van der Waals surface area contributed by atoms with E-state index in [0.29, 0.717) is 17.6 Å². The van der Waals surface area contributed by atoms with Gasteiger partial charge in [0.2, 0.25) is 0 Å². The molecule has 1 aliphatic rings. The molecule has 0 radical (unpaired) electrons. The first-order valence-electron chi connectivity index (χ1n) is 8.49. The highest BCUT2D eigenvalue weighted by atomic mass is 15.2. The maximum absolute atomic E-state index is 3.82. The minimum Gasteiger partial charge on any atom is -0.312 e. The van der Waals surface area contributed by atoms with E-state index in [1.54, 1.807) is 0 Å². The molecule has 1 aliphatic carbocycles. The van der Waals surface area contributed by atoms with E-state index in [2.05, 4.69) is 45.0 Å². The van der Waals surface area contributed by atoms with Crippen molar-refractivity contribution in [3.63, 3.8) is 0 Å². The van der Waals surface area contributed by atoms with E-state index in [-0.39, 0.29) is 0 Å². The highest BCUT2D eigenvalue weighted by Crippen LogP contribution is 2.27. The van der Waals surface area contributed by atoms with Gasteiger partial charge in [-0.1, -0.05) is 39.5 Å². The molecule has 2 heteroatoms. The maximum atomic E-state index is 3.82. The number of likely N-dealkylation sites (N-methyl/N-ethyl adjacent to an activating group) is 1. The zero-order valence-electron chi connectivity index (χ0n) is 14.0. The maximum Gasteiger partial charge on any atom is 0.0251 e. The molecule has 0 saturated heterocycles. The van der Waals surface area contributed by atoms with Crippen LogP contribution in [0, 0.1) is 0 Å². The average Bonchev–Trinajstić information content (AvgIpc) is 2.37. The van der Waals surface area contributed by atoms with Crippen molar-refractivity contribution < 1.29 is 0 Å². The molecule has 1 rings (SSSR count). The van der Waals surface area contributed by atoms with Crippen LogP contribution in [0.4, 0.5) is 0 Å². The van der Waals surface area contributed by atoms with Crippen molar-refractivity contribution in [3.8, 4) is 0 Å². The van der Waals surface area contributed by atoms with Crippen LogP contribution in [0.5, 0.6) is 0 Å². The van der Waals surface area contributed by atoms with Crippen LogP contribution >= 0.6 is 0 Å². The lowest BCUT2D eigenvalue weighted by molar-refractivity contribution is 0.0614. The summed E-state index contributed by atoms with van der Waals surface area (Å²) in [5, 5.41) is 3.82. The third-order valence-corrected chi connectivity index (χ3v) is 5.20. The molecule has 2 atom stereocenters. The van der Waals surface area contributed by atoms with Crippen LogP contribution in [0.15, 0.2) is 0 Å². The zero-order valence-corrected chi connectivity index (χ0v) is 14.0. The number of nitrogens with one attached hydrogen (secondary N) is 1. The summed E-state index contributed by atoms with van der Waals surface area (Å²) in [6, 6.07) is 1.40. The van der Waals surface area contributed by atoms with Gasteiger partial charge in [0, 0.05) is 17.6 Å². The van der Waals surface area contributed by atoms with Crippen molar-refractivity contribution in [1.29, 1.82) is 0 Å². The number of hydrogen-bond acceptors (Lipinski definition) is 2. The van der Waals surface area contributed by atoms with Crippen LogP contribution in [0.1, 0.15) is 79.1 Å². The Labute approximate surface area is 121 Å². The topological polar surface area (TPSA) is 15.3 Å². The van der Waals surface area contributed by atoms with Gasteiger partial charge in [0.1, 0.15) is 0 Å². The quantitative estimate of drug-likeness (QED) is 0.777. The fourth-order valence-electron chi connectivity index (χ4n) is 3.19. The predicted molar refractivity (Wildman–Crippen MR) is 85.7 cm³/mol. The van der Waals surface area contributed by atoms with E-state index in [1.807, 2.05) is 0 Å². The number of nitrogens with zero attached hydrogens (tertiary/aromatic N) is 1. The Hall–Kier alpha value is -0.0800. The lowest BCUT2D eigenvalue weighted by Crippen LogP contribution is -2.56. The summed E-state index contributed by atoms with van der Waals surface area (Å²) < 4.78 is 0. The first kappa shape index (κ1) is 17.0.